The summed E-state index contributed by atoms with van der Waals surface area (Å²) < 4.78 is 5.05. The summed E-state index contributed by atoms with van der Waals surface area (Å²) in [6.45, 7) is 1.60. The Balaban J connectivity index is 1.99. The fourth-order valence-electron chi connectivity index (χ4n) is 1.90. The summed E-state index contributed by atoms with van der Waals surface area (Å²) in [5.74, 6) is -0.0751. The van der Waals surface area contributed by atoms with Gasteiger partial charge in [-0.3, -0.25) is 9.59 Å². The predicted molar refractivity (Wildman–Crippen MR) is 90.0 cm³/mol. The van der Waals surface area contributed by atoms with Crippen LogP contribution in [0, 0.1) is 0 Å². The summed E-state index contributed by atoms with van der Waals surface area (Å²) in [6, 6.07) is 12.9. The van der Waals surface area contributed by atoms with Gasteiger partial charge in [-0.15, -0.1) is 0 Å². The van der Waals surface area contributed by atoms with E-state index in [9.17, 15) is 9.59 Å². The lowest BCUT2D eigenvalue weighted by molar-refractivity contribution is -0.117. The summed E-state index contributed by atoms with van der Waals surface area (Å²) >= 11 is 6.08. The van der Waals surface area contributed by atoms with Gasteiger partial charge in [0.15, 0.2) is 0 Å². The van der Waals surface area contributed by atoms with Crippen LogP contribution in [0.15, 0.2) is 48.5 Å². The number of halogens is 1. The van der Waals surface area contributed by atoms with Crippen LogP contribution in [0.3, 0.4) is 0 Å². The second-order valence-electron chi connectivity index (χ2n) is 4.90. The largest absolute Gasteiger partial charge is 0.497 e. The lowest BCUT2D eigenvalue weighted by atomic mass is 10.2. The van der Waals surface area contributed by atoms with E-state index in [1.54, 1.807) is 49.4 Å². The van der Waals surface area contributed by atoms with Crippen molar-refractivity contribution in [2.24, 2.45) is 0 Å². The van der Waals surface area contributed by atoms with Crippen LogP contribution in [-0.2, 0) is 4.79 Å². The fourth-order valence-corrected chi connectivity index (χ4v) is 2.12. The maximum absolute atomic E-state index is 12.2. The average Bonchev–Trinajstić information content (AvgIpc) is 2.57. The molecule has 0 aliphatic heterocycles. The molecule has 2 N–H and O–H groups in total. The number of anilines is 1. The number of rotatable bonds is 5. The van der Waals surface area contributed by atoms with E-state index in [1.165, 1.54) is 7.11 Å². The molecule has 0 aromatic heterocycles. The first kappa shape index (κ1) is 16.8. The Hall–Kier alpha value is -2.53. The first-order valence-electron chi connectivity index (χ1n) is 7.01. The van der Waals surface area contributed by atoms with E-state index in [4.69, 9.17) is 16.3 Å². The van der Waals surface area contributed by atoms with Crippen LogP contribution >= 0.6 is 11.6 Å². The number of hydrogen-bond acceptors (Lipinski definition) is 3. The molecule has 0 saturated heterocycles. The third-order valence-electron chi connectivity index (χ3n) is 3.21. The molecule has 0 fully saturated rings. The molecule has 0 aliphatic carbocycles. The zero-order valence-corrected chi connectivity index (χ0v) is 13.6. The average molecular weight is 333 g/mol. The number of nitrogens with one attached hydrogen (secondary N) is 2. The molecule has 0 radical (unpaired) electrons. The number of amides is 2. The smallest absolute Gasteiger partial charge is 0.251 e. The molecule has 1 atom stereocenters. The zero-order valence-electron chi connectivity index (χ0n) is 12.8. The first-order chi connectivity index (χ1) is 11.0. The zero-order chi connectivity index (χ0) is 16.8. The molecule has 5 nitrogen and oxygen atoms in total. The van der Waals surface area contributed by atoms with Crippen molar-refractivity contribution in [1.82, 2.24) is 5.32 Å². The number of carbonyl (C=O) groups excluding carboxylic acids is 2. The molecule has 0 saturated carbocycles. The molecule has 6 heteroatoms. The van der Waals surface area contributed by atoms with Crippen molar-refractivity contribution < 1.29 is 14.3 Å². The van der Waals surface area contributed by atoms with Crippen LogP contribution in [0.4, 0.5) is 5.69 Å². The number of benzene rings is 2. The van der Waals surface area contributed by atoms with E-state index in [-0.39, 0.29) is 11.8 Å². The van der Waals surface area contributed by atoms with Crippen molar-refractivity contribution in [3.05, 3.63) is 59.1 Å². The lowest BCUT2D eigenvalue weighted by Gasteiger charge is -2.15. The topological polar surface area (TPSA) is 67.4 Å². The van der Waals surface area contributed by atoms with Crippen LogP contribution in [0.1, 0.15) is 17.3 Å². The van der Waals surface area contributed by atoms with Crippen LogP contribution in [-0.4, -0.2) is 25.0 Å². The molecule has 0 spiro atoms. The number of hydrogen-bond donors (Lipinski definition) is 2. The SMILES string of the molecule is COc1ccc(NC(=O)C(C)NC(=O)c2ccccc2)c(Cl)c1. The van der Waals surface area contributed by atoms with Crippen LogP contribution in [0.5, 0.6) is 5.75 Å². The van der Waals surface area contributed by atoms with Gasteiger partial charge in [0, 0.05) is 11.6 Å². The monoisotopic (exact) mass is 332 g/mol. The number of carbonyl (C=O) groups is 2. The molecular formula is C17H17ClN2O3. The Kier molecular flexibility index (Phi) is 5.60. The minimum atomic E-state index is -0.708. The van der Waals surface area contributed by atoms with Gasteiger partial charge in [0.25, 0.3) is 5.91 Å². The quantitative estimate of drug-likeness (QED) is 0.884. The Labute approximate surface area is 139 Å². The van der Waals surface area contributed by atoms with Gasteiger partial charge >= 0.3 is 0 Å². The highest BCUT2D eigenvalue weighted by Crippen LogP contribution is 2.26. The minimum absolute atomic E-state index is 0.311. The van der Waals surface area contributed by atoms with Crippen molar-refractivity contribution in [3.63, 3.8) is 0 Å². The third kappa shape index (κ3) is 4.47. The second kappa shape index (κ2) is 7.65. The van der Waals surface area contributed by atoms with Gasteiger partial charge in [-0.05, 0) is 31.2 Å². The van der Waals surface area contributed by atoms with Gasteiger partial charge in [-0.1, -0.05) is 29.8 Å². The van der Waals surface area contributed by atoms with Crippen molar-refractivity contribution in [2.75, 3.05) is 12.4 Å². The van der Waals surface area contributed by atoms with Crippen LogP contribution in [0.25, 0.3) is 0 Å². The number of ether oxygens (including phenoxy) is 1. The Morgan fingerprint density at radius 3 is 2.43 bits per heavy atom. The second-order valence-corrected chi connectivity index (χ2v) is 5.30. The fraction of sp³-hybridized carbons (Fsp3) is 0.176. The van der Waals surface area contributed by atoms with Gasteiger partial charge in [0.1, 0.15) is 11.8 Å². The molecule has 23 heavy (non-hydrogen) atoms. The summed E-state index contributed by atoms with van der Waals surface area (Å²) in [4.78, 5) is 24.2. The molecule has 0 aliphatic rings. The Morgan fingerprint density at radius 1 is 1.13 bits per heavy atom. The summed E-state index contributed by atoms with van der Waals surface area (Å²) in [5.41, 5.74) is 0.952. The van der Waals surface area contributed by atoms with Gasteiger partial charge in [-0.2, -0.15) is 0 Å². The van der Waals surface area contributed by atoms with Crippen molar-refractivity contribution in [2.45, 2.75) is 13.0 Å². The summed E-state index contributed by atoms with van der Waals surface area (Å²) in [7, 11) is 1.53. The van der Waals surface area contributed by atoms with Crippen molar-refractivity contribution in [1.29, 1.82) is 0 Å². The lowest BCUT2D eigenvalue weighted by Crippen LogP contribution is -2.41. The molecule has 1 unspecified atom stereocenters. The third-order valence-corrected chi connectivity index (χ3v) is 3.52. The molecule has 2 rings (SSSR count). The highest BCUT2D eigenvalue weighted by atomic mass is 35.5. The van der Waals surface area contributed by atoms with E-state index in [0.717, 1.165) is 0 Å². The van der Waals surface area contributed by atoms with Crippen LogP contribution in [0.2, 0.25) is 5.02 Å². The predicted octanol–water partition coefficient (Wildman–Crippen LogP) is 3.11. The number of methoxy groups -OCH3 is 1. The Bertz CT molecular complexity index is 704. The molecule has 2 amide bonds. The van der Waals surface area contributed by atoms with E-state index < -0.39 is 6.04 Å². The van der Waals surface area contributed by atoms with E-state index >= 15 is 0 Å². The Morgan fingerprint density at radius 2 is 1.83 bits per heavy atom. The molecular weight excluding hydrogens is 316 g/mol. The normalized spacial score (nSPS) is 11.4. The van der Waals surface area contributed by atoms with Gasteiger partial charge in [-0.25, -0.2) is 0 Å². The van der Waals surface area contributed by atoms with E-state index in [2.05, 4.69) is 10.6 Å². The highest BCUT2D eigenvalue weighted by Gasteiger charge is 2.17. The van der Waals surface area contributed by atoms with Gasteiger partial charge in [0.05, 0.1) is 17.8 Å². The maximum atomic E-state index is 12.2. The van der Waals surface area contributed by atoms with Crippen molar-refractivity contribution in [3.8, 4) is 5.75 Å². The van der Waals surface area contributed by atoms with E-state index in [0.29, 0.717) is 22.0 Å². The molecule has 2 aromatic rings. The highest BCUT2D eigenvalue weighted by molar-refractivity contribution is 6.33. The molecule has 0 heterocycles. The molecule has 0 bridgehead atoms. The van der Waals surface area contributed by atoms with Crippen molar-refractivity contribution >= 4 is 29.1 Å². The van der Waals surface area contributed by atoms with E-state index in [1.807, 2.05) is 6.07 Å². The molecule has 2 aromatic carbocycles. The van der Waals surface area contributed by atoms with Gasteiger partial charge in [0.2, 0.25) is 5.91 Å². The van der Waals surface area contributed by atoms with Crippen LogP contribution < -0.4 is 15.4 Å². The summed E-state index contributed by atoms with van der Waals surface area (Å²) in [5, 5.41) is 5.68. The standard InChI is InChI=1S/C17H17ClN2O3/c1-11(19-17(22)12-6-4-3-5-7-12)16(21)20-15-9-8-13(23-2)10-14(15)18/h3-11H,1-2H3,(H,19,22)(H,20,21). The molecule has 120 valence electrons. The summed E-state index contributed by atoms with van der Waals surface area (Å²) in [6.07, 6.45) is 0. The minimum Gasteiger partial charge on any atom is -0.497 e. The maximum Gasteiger partial charge on any atom is 0.251 e. The van der Waals surface area contributed by atoms with Gasteiger partial charge < -0.3 is 15.4 Å². The first-order valence-corrected chi connectivity index (χ1v) is 7.39.